The molecule has 2 heterocycles. The summed E-state index contributed by atoms with van der Waals surface area (Å²) in [5, 5.41) is 0. The lowest BCUT2D eigenvalue weighted by Crippen LogP contribution is -2.53. The molecule has 142 valence electrons. The topological polar surface area (TPSA) is 65.1 Å². The minimum absolute atomic E-state index is 0.0115. The summed E-state index contributed by atoms with van der Waals surface area (Å²) in [6.07, 6.45) is 2.32. The van der Waals surface area contributed by atoms with Crippen LogP contribution in [0.15, 0.2) is 12.1 Å². The van der Waals surface area contributed by atoms with Gasteiger partial charge >= 0.3 is 0 Å². The number of methoxy groups -OCH3 is 2. The van der Waals surface area contributed by atoms with Gasteiger partial charge in [-0.25, -0.2) is 0 Å². The number of piperidine rings is 1. The van der Waals surface area contributed by atoms with Gasteiger partial charge in [0.15, 0.2) is 5.78 Å². The molecule has 1 spiro atoms. The summed E-state index contributed by atoms with van der Waals surface area (Å²) in [6, 6.07) is 3.43. The van der Waals surface area contributed by atoms with E-state index in [4.69, 9.17) is 14.2 Å². The zero-order chi connectivity index (χ0) is 18.9. The van der Waals surface area contributed by atoms with E-state index in [-0.39, 0.29) is 16.5 Å². The molecule has 1 unspecified atom stereocenters. The van der Waals surface area contributed by atoms with Crippen molar-refractivity contribution in [2.24, 2.45) is 0 Å². The molecule has 2 aliphatic rings. The number of alkyl halides is 1. The predicted molar refractivity (Wildman–Crippen MR) is 101 cm³/mol. The summed E-state index contributed by atoms with van der Waals surface area (Å²) in [4.78, 5) is 26.9. The van der Waals surface area contributed by atoms with E-state index >= 15 is 0 Å². The quantitative estimate of drug-likeness (QED) is 0.692. The minimum atomic E-state index is -0.563. The molecule has 0 bridgehead atoms. The Labute approximate surface area is 161 Å². The number of hydrogen-bond donors (Lipinski definition) is 0. The number of amides is 1. The van der Waals surface area contributed by atoms with E-state index in [2.05, 4.69) is 15.9 Å². The molecule has 1 amide bonds. The maximum Gasteiger partial charge on any atom is 0.236 e. The van der Waals surface area contributed by atoms with Crippen LogP contribution in [0.3, 0.4) is 0 Å². The predicted octanol–water partition coefficient (Wildman–Crippen LogP) is 3.20. The second-order valence-electron chi connectivity index (χ2n) is 6.79. The van der Waals surface area contributed by atoms with Crippen molar-refractivity contribution in [2.45, 2.75) is 43.0 Å². The van der Waals surface area contributed by atoms with E-state index in [9.17, 15) is 9.59 Å². The molecule has 26 heavy (non-hydrogen) atoms. The molecule has 3 rings (SSSR count). The number of likely N-dealkylation sites (tertiary alicyclic amines) is 1. The second kappa shape index (κ2) is 7.47. The number of ether oxygens (including phenoxy) is 3. The van der Waals surface area contributed by atoms with Crippen molar-refractivity contribution in [1.82, 2.24) is 4.90 Å². The molecule has 7 heteroatoms. The van der Waals surface area contributed by atoms with E-state index in [1.807, 2.05) is 11.8 Å². The number of rotatable bonds is 4. The number of nitrogens with zero attached hydrogens (tertiary/aromatic N) is 1. The number of benzene rings is 1. The number of carbonyl (C=O) groups excluding carboxylic acids is 2. The van der Waals surface area contributed by atoms with Crippen LogP contribution in [0.25, 0.3) is 0 Å². The van der Waals surface area contributed by atoms with E-state index in [1.54, 1.807) is 19.2 Å². The van der Waals surface area contributed by atoms with Gasteiger partial charge in [0.25, 0.3) is 0 Å². The molecule has 0 radical (unpaired) electrons. The van der Waals surface area contributed by atoms with Crippen LogP contribution >= 0.6 is 15.9 Å². The maximum absolute atomic E-state index is 12.8. The summed E-state index contributed by atoms with van der Waals surface area (Å²) in [6.45, 7) is 3.15. The highest BCUT2D eigenvalue weighted by atomic mass is 79.9. The molecule has 0 saturated carbocycles. The molecule has 0 N–H and O–H groups in total. The number of fused-ring (bicyclic) bond motifs is 1. The van der Waals surface area contributed by atoms with Gasteiger partial charge in [-0.1, -0.05) is 22.9 Å². The van der Waals surface area contributed by atoms with Crippen molar-refractivity contribution in [1.29, 1.82) is 0 Å². The number of hydrogen-bond acceptors (Lipinski definition) is 5. The fraction of sp³-hybridized carbons (Fsp3) is 0.579. The molecule has 2 aliphatic heterocycles. The fourth-order valence-corrected chi connectivity index (χ4v) is 3.93. The van der Waals surface area contributed by atoms with Gasteiger partial charge in [0.1, 0.15) is 28.4 Å². The van der Waals surface area contributed by atoms with Gasteiger partial charge in [0.05, 0.1) is 25.5 Å². The standard InChI is InChI=1S/C19H24BrNO5/c1-4-13(20)18(23)21-7-5-19(6-8-21)11-14(22)17-15(25-3)9-12(24-2)10-16(17)26-19/h9-10,13H,4-8,11H2,1-3H3. The maximum atomic E-state index is 12.8. The first-order valence-electron chi connectivity index (χ1n) is 8.84. The first kappa shape index (κ1) is 19.0. The highest BCUT2D eigenvalue weighted by Crippen LogP contribution is 2.44. The van der Waals surface area contributed by atoms with Crippen LogP contribution < -0.4 is 14.2 Å². The van der Waals surface area contributed by atoms with Gasteiger partial charge in [0, 0.05) is 38.1 Å². The summed E-state index contributed by atoms with van der Waals surface area (Å²) in [5.74, 6) is 1.68. The van der Waals surface area contributed by atoms with Crippen LogP contribution in [0, 0.1) is 0 Å². The third-order valence-electron chi connectivity index (χ3n) is 5.20. The largest absolute Gasteiger partial charge is 0.496 e. The van der Waals surface area contributed by atoms with Crippen LogP contribution in [0.1, 0.15) is 43.0 Å². The Bertz CT molecular complexity index is 712. The average molecular weight is 426 g/mol. The third kappa shape index (κ3) is 3.41. The van der Waals surface area contributed by atoms with Crippen molar-refractivity contribution in [2.75, 3.05) is 27.3 Å². The molecule has 1 atom stereocenters. The molecular formula is C19H24BrNO5. The average Bonchev–Trinajstić information content (AvgIpc) is 2.66. The Morgan fingerprint density at radius 3 is 2.58 bits per heavy atom. The van der Waals surface area contributed by atoms with Gasteiger partial charge in [0.2, 0.25) is 5.91 Å². The lowest BCUT2D eigenvalue weighted by Gasteiger charge is -2.44. The van der Waals surface area contributed by atoms with Crippen molar-refractivity contribution < 1.29 is 23.8 Å². The molecule has 1 aromatic rings. The Hall–Kier alpha value is -1.76. The van der Waals surface area contributed by atoms with Crippen LogP contribution in [0.5, 0.6) is 17.2 Å². The number of halogens is 1. The van der Waals surface area contributed by atoms with E-state index < -0.39 is 5.60 Å². The Balaban J connectivity index is 1.81. The molecule has 0 aromatic heterocycles. The highest BCUT2D eigenvalue weighted by molar-refractivity contribution is 9.10. The highest BCUT2D eigenvalue weighted by Gasteiger charge is 2.45. The van der Waals surface area contributed by atoms with E-state index in [0.29, 0.717) is 55.2 Å². The first-order valence-corrected chi connectivity index (χ1v) is 9.75. The number of ketones is 1. The summed E-state index contributed by atoms with van der Waals surface area (Å²) in [7, 11) is 3.09. The van der Waals surface area contributed by atoms with E-state index in [1.165, 1.54) is 7.11 Å². The normalized spacial score (nSPS) is 19.5. The van der Waals surface area contributed by atoms with Crippen molar-refractivity contribution in [3.63, 3.8) is 0 Å². The van der Waals surface area contributed by atoms with Crippen molar-refractivity contribution in [3.8, 4) is 17.2 Å². The molecular weight excluding hydrogens is 402 g/mol. The Morgan fingerprint density at radius 1 is 1.31 bits per heavy atom. The second-order valence-corrected chi connectivity index (χ2v) is 7.89. The van der Waals surface area contributed by atoms with Gasteiger partial charge in [-0.15, -0.1) is 0 Å². The summed E-state index contributed by atoms with van der Waals surface area (Å²) >= 11 is 3.42. The molecule has 6 nitrogen and oxygen atoms in total. The van der Waals surface area contributed by atoms with Crippen molar-refractivity contribution >= 4 is 27.6 Å². The van der Waals surface area contributed by atoms with Crippen LogP contribution in [0.2, 0.25) is 0 Å². The summed E-state index contributed by atoms with van der Waals surface area (Å²) in [5.41, 5.74) is -0.0874. The number of Topliss-reactive ketones (excluding diaryl/α,β-unsaturated/α-hetero) is 1. The van der Waals surface area contributed by atoms with Gasteiger partial charge in [-0.3, -0.25) is 9.59 Å². The molecule has 1 aromatic carbocycles. The summed E-state index contributed by atoms with van der Waals surface area (Å²) < 4.78 is 16.9. The zero-order valence-corrected chi connectivity index (χ0v) is 16.9. The minimum Gasteiger partial charge on any atom is -0.496 e. The van der Waals surface area contributed by atoms with Crippen LogP contribution in [-0.4, -0.2) is 54.3 Å². The monoisotopic (exact) mass is 425 g/mol. The smallest absolute Gasteiger partial charge is 0.236 e. The lowest BCUT2D eigenvalue weighted by molar-refractivity contribution is -0.134. The van der Waals surface area contributed by atoms with Crippen LogP contribution in [-0.2, 0) is 4.79 Å². The Kier molecular flexibility index (Phi) is 5.46. The number of carbonyl (C=O) groups is 2. The van der Waals surface area contributed by atoms with Crippen molar-refractivity contribution in [3.05, 3.63) is 17.7 Å². The SMILES string of the molecule is CCC(Br)C(=O)N1CCC2(CC1)CC(=O)c1c(OC)cc(OC)cc1O2. The molecule has 1 fully saturated rings. The third-order valence-corrected chi connectivity index (χ3v) is 6.24. The Morgan fingerprint density at radius 2 is 2.00 bits per heavy atom. The van der Waals surface area contributed by atoms with Gasteiger partial charge < -0.3 is 19.1 Å². The lowest BCUT2D eigenvalue weighted by atomic mass is 9.82. The fourth-order valence-electron chi connectivity index (χ4n) is 3.64. The van der Waals surface area contributed by atoms with Crippen LogP contribution in [0.4, 0.5) is 0 Å². The zero-order valence-electron chi connectivity index (χ0n) is 15.3. The molecule has 1 saturated heterocycles. The van der Waals surface area contributed by atoms with Gasteiger partial charge in [-0.05, 0) is 6.42 Å². The first-order chi connectivity index (χ1) is 12.4. The molecule has 0 aliphatic carbocycles. The van der Waals surface area contributed by atoms with Gasteiger partial charge in [-0.2, -0.15) is 0 Å². The van der Waals surface area contributed by atoms with E-state index in [0.717, 1.165) is 6.42 Å².